The van der Waals surface area contributed by atoms with Crippen LogP contribution in [0.1, 0.15) is 63.1 Å². The number of ether oxygens (including phenoxy) is 1. The third-order valence-electron chi connectivity index (χ3n) is 7.80. The number of carbonyl (C=O) groups is 4. The first-order valence-electron chi connectivity index (χ1n) is 14.0. The fraction of sp³-hybridized carbons (Fsp3) is 0.484. The van der Waals surface area contributed by atoms with Gasteiger partial charge in [-0.05, 0) is 36.0 Å². The van der Waals surface area contributed by atoms with Crippen LogP contribution in [0.25, 0.3) is 0 Å². The summed E-state index contributed by atoms with van der Waals surface area (Å²) < 4.78 is 6.03. The average molecular weight is 534 g/mol. The first kappa shape index (κ1) is 28.3. The van der Waals surface area contributed by atoms with Gasteiger partial charge in [-0.3, -0.25) is 14.4 Å². The highest BCUT2D eigenvalue weighted by Gasteiger charge is 2.39. The molecule has 5 unspecified atom stereocenters. The first-order chi connectivity index (χ1) is 18.8. The fourth-order valence-corrected chi connectivity index (χ4v) is 5.33. The van der Waals surface area contributed by atoms with Gasteiger partial charge in [0.25, 0.3) is 0 Å². The zero-order valence-electron chi connectivity index (χ0n) is 23.0. The summed E-state index contributed by atoms with van der Waals surface area (Å²) in [5.41, 5.74) is 2.85. The first-order valence-corrected chi connectivity index (χ1v) is 14.0. The highest BCUT2D eigenvalue weighted by atomic mass is 16.5. The van der Waals surface area contributed by atoms with E-state index in [0.29, 0.717) is 6.42 Å². The third-order valence-corrected chi connectivity index (χ3v) is 7.80. The Morgan fingerprint density at radius 3 is 2.33 bits per heavy atom. The van der Waals surface area contributed by atoms with Crippen molar-refractivity contribution in [1.82, 2.24) is 15.5 Å². The van der Waals surface area contributed by atoms with Crippen molar-refractivity contribution >= 4 is 23.7 Å². The van der Waals surface area contributed by atoms with Crippen molar-refractivity contribution in [3.8, 4) is 0 Å². The Balaban J connectivity index is 1.67. The van der Waals surface area contributed by atoms with Gasteiger partial charge in [0.1, 0.15) is 24.2 Å². The molecule has 5 atom stereocenters. The summed E-state index contributed by atoms with van der Waals surface area (Å²) in [7, 11) is 0. The van der Waals surface area contributed by atoms with Gasteiger partial charge in [-0.2, -0.15) is 0 Å². The maximum Gasteiger partial charge on any atom is 0.329 e. The Kier molecular flexibility index (Phi) is 9.38. The largest absolute Gasteiger partial charge is 0.460 e. The average Bonchev–Trinajstić information content (AvgIpc) is 2.94. The molecule has 0 aliphatic carbocycles. The van der Waals surface area contributed by atoms with Gasteiger partial charge in [-0.15, -0.1) is 0 Å². The molecule has 0 aromatic heterocycles. The number of esters is 1. The zero-order chi connectivity index (χ0) is 27.9. The number of nitrogens with one attached hydrogen (secondary N) is 2. The highest BCUT2D eigenvalue weighted by molar-refractivity contribution is 5.94. The quantitative estimate of drug-likeness (QED) is 0.555. The van der Waals surface area contributed by atoms with Crippen molar-refractivity contribution in [2.24, 2.45) is 5.92 Å². The molecule has 4 rings (SSSR count). The molecular formula is C31H39N3O5. The van der Waals surface area contributed by atoms with E-state index in [-0.39, 0.29) is 37.1 Å². The van der Waals surface area contributed by atoms with Gasteiger partial charge in [-0.25, -0.2) is 4.79 Å². The molecule has 0 spiro atoms. The van der Waals surface area contributed by atoms with E-state index >= 15 is 0 Å². The van der Waals surface area contributed by atoms with Crippen LogP contribution < -0.4 is 10.6 Å². The highest BCUT2D eigenvalue weighted by Crippen LogP contribution is 2.27. The van der Waals surface area contributed by atoms with Gasteiger partial charge in [0.15, 0.2) is 0 Å². The number of cyclic esters (lactones) is 1. The summed E-state index contributed by atoms with van der Waals surface area (Å²) in [6.07, 6.45) is 2.60. The van der Waals surface area contributed by atoms with Crippen LogP contribution in [0.3, 0.4) is 0 Å². The van der Waals surface area contributed by atoms with Gasteiger partial charge >= 0.3 is 5.97 Å². The number of benzene rings is 2. The van der Waals surface area contributed by atoms with Gasteiger partial charge in [0.05, 0.1) is 6.42 Å². The van der Waals surface area contributed by atoms with E-state index in [1.807, 2.05) is 61.5 Å². The third kappa shape index (κ3) is 7.05. The van der Waals surface area contributed by atoms with Crippen molar-refractivity contribution in [3.05, 3.63) is 71.3 Å². The number of nitrogens with zero attached hydrogens (tertiary/aromatic N) is 1. The molecule has 1 fully saturated rings. The molecule has 8 heteroatoms. The number of fused-ring (bicyclic) bond motifs is 2. The summed E-state index contributed by atoms with van der Waals surface area (Å²) in [6.45, 7) is 5.95. The Morgan fingerprint density at radius 2 is 1.62 bits per heavy atom. The lowest BCUT2D eigenvalue weighted by molar-refractivity contribution is -0.158. The number of hydrogen-bond donors (Lipinski definition) is 2. The number of amides is 3. The van der Waals surface area contributed by atoms with Crippen LogP contribution in [-0.2, 0) is 43.3 Å². The van der Waals surface area contributed by atoms with Crippen molar-refractivity contribution < 1.29 is 23.9 Å². The smallest absolute Gasteiger partial charge is 0.329 e. The van der Waals surface area contributed by atoms with E-state index in [2.05, 4.69) is 17.6 Å². The maximum atomic E-state index is 13.8. The van der Waals surface area contributed by atoms with Crippen LogP contribution >= 0.6 is 0 Å². The molecule has 3 amide bonds. The van der Waals surface area contributed by atoms with Crippen molar-refractivity contribution in [3.63, 3.8) is 0 Å². The molecule has 2 aliphatic heterocycles. The molecule has 1 saturated heterocycles. The second-order valence-electron chi connectivity index (χ2n) is 10.8. The lowest BCUT2D eigenvalue weighted by Crippen LogP contribution is -2.57. The summed E-state index contributed by atoms with van der Waals surface area (Å²) in [5.74, 6) is -1.75. The molecule has 0 bridgehead atoms. The maximum absolute atomic E-state index is 13.8. The van der Waals surface area contributed by atoms with E-state index in [4.69, 9.17) is 4.74 Å². The summed E-state index contributed by atoms with van der Waals surface area (Å²) in [6, 6.07) is 14.5. The second kappa shape index (κ2) is 12.9. The van der Waals surface area contributed by atoms with Crippen LogP contribution in [0.4, 0.5) is 0 Å². The molecule has 2 aromatic rings. The fourth-order valence-electron chi connectivity index (χ4n) is 5.33. The van der Waals surface area contributed by atoms with E-state index < -0.39 is 36.1 Å². The molecule has 8 nitrogen and oxygen atoms in total. The normalized spacial score (nSPS) is 25.1. The minimum Gasteiger partial charge on any atom is -0.460 e. The number of rotatable bonds is 6. The predicted octanol–water partition coefficient (Wildman–Crippen LogP) is 3.31. The molecule has 39 heavy (non-hydrogen) atoms. The van der Waals surface area contributed by atoms with Crippen LogP contribution in [0.15, 0.2) is 54.6 Å². The monoisotopic (exact) mass is 533 g/mol. The molecule has 2 N–H and O–H groups in total. The standard InChI is InChI=1S/C31H39N3O5/c1-4-5-11-20(2)27-18-28(35)34-19-24-15-10-9-14-23(24)17-26(34)30(37)32-21(3)29(36)33-25(31(38)39-27)16-22-12-7-6-8-13-22/h6-10,12-15,20-21,25-27H,4-5,11,16-19H2,1-3H3,(H,32,37)(H,33,36). The molecule has 2 aromatic carbocycles. The molecular weight excluding hydrogens is 494 g/mol. The van der Waals surface area contributed by atoms with Crippen LogP contribution in [0.5, 0.6) is 0 Å². The Labute approximate surface area is 230 Å². The van der Waals surface area contributed by atoms with Gasteiger partial charge in [-0.1, -0.05) is 81.3 Å². The summed E-state index contributed by atoms with van der Waals surface area (Å²) >= 11 is 0. The van der Waals surface area contributed by atoms with Crippen molar-refractivity contribution in [2.45, 2.75) is 90.1 Å². The van der Waals surface area contributed by atoms with E-state index in [9.17, 15) is 19.2 Å². The number of hydrogen-bond acceptors (Lipinski definition) is 5. The minimum absolute atomic E-state index is 0.0237. The molecule has 2 heterocycles. The summed E-state index contributed by atoms with van der Waals surface area (Å²) in [5, 5.41) is 5.58. The molecule has 208 valence electrons. The van der Waals surface area contributed by atoms with Crippen LogP contribution in [0.2, 0.25) is 0 Å². The lowest BCUT2D eigenvalue weighted by Gasteiger charge is -2.37. The Bertz CT molecular complexity index is 1180. The Hall–Kier alpha value is -3.68. The molecule has 0 saturated carbocycles. The van der Waals surface area contributed by atoms with E-state index in [1.165, 1.54) is 0 Å². The minimum atomic E-state index is -0.956. The van der Waals surface area contributed by atoms with Gasteiger partial charge in [0, 0.05) is 19.4 Å². The van der Waals surface area contributed by atoms with Crippen molar-refractivity contribution in [1.29, 1.82) is 0 Å². The van der Waals surface area contributed by atoms with Gasteiger partial charge < -0.3 is 20.3 Å². The zero-order valence-corrected chi connectivity index (χ0v) is 23.0. The SMILES string of the molecule is CCCCC(C)C1CC(=O)N2Cc3ccccc3CC2C(=O)NC(C)C(=O)NC(Cc2ccccc2)C(=O)O1. The molecule has 0 radical (unpaired) electrons. The Morgan fingerprint density at radius 1 is 0.923 bits per heavy atom. The summed E-state index contributed by atoms with van der Waals surface area (Å²) in [4.78, 5) is 55.5. The van der Waals surface area contributed by atoms with E-state index in [0.717, 1.165) is 36.0 Å². The lowest BCUT2D eigenvalue weighted by atomic mass is 9.91. The van der Waals surface area contributed by atoms with Crippen molar-refractivity contribution in [2.75, 3.05) is 0 Å². The van der Waals surface area contributed by atoms with Gasteiger partial charge in [0.2, 0.25) is 17.7 Å². The van der Waals surface area contributed by atoms with Crippen LogP contribution in [0, 0.1) is 5.92 Å². The molecule has 2 aliphatic rings. The van der Waals surface area contributed by atoms with Crippen LogP contribution in [-0.4, -0.2) is 52.8 Å². The van der Waals surface area contributed by atoms with E-state index in [1.54, 1.807) is 11.8 Å². The predicted molar refractivity (Wildman–Crippen MR) is 147 cm³/mol. The number of carbonyl (C=O) groups excluding carboxylic acids is 4. The number of unbranched alkanes of at least 4 members (excludes halogenated alkanes) is 1. The second-order valence-corrected chi connectivity index (χ2v) is 10.8. The topological polar surface area (TPSA) is 105 Å².